The highest BCUT2D eigenvalue weighted by molar-refractivity contribution is 7.85. The van der Waals surface area contributed by atoms with E-state index in [1.807, 2.05) is 66.7 Å². The van der Waals surface area contributed by atoms with E-state index in [0.717, 1.165) is 48.9 Å². The monoisotopic (exact) mass is 441 g/mol. The van der Waals surface area contributed by atoms with Gasteiger partial charge in [0.1, 0.15) is 24.3 Å². The molecule has 31 heavy (non-hydrogen) atoms. The second-order valence-corrected chi connectivity index (χ2v) is 8.83. The average Bonchev–Trinajstić information content (AvgIpc) is 3.22. The SMILES string of the molecule is CS(=O)(=O)OCCCCCc1ccc(OCc2coc(C=Cc3ccccc3)n2)cc1. The maximum absolute atomic E-state index is 10.9. The Morgan fingerprint density at radius 1 is 0.968 bits per heavy atom. The van der Waals surface area contributed by atoms with E-state index in [1.165, 1.54) is 5.56 Å². The predicted molar refractivity (Wildman–Crippen MR) is 121 cm³/mol. The Morgan fingerprint density at radius 2 is 1.74 bits per heavy atom. The minimum absolute atomic E-state index is 0.247. The first-order valence-electron chi connectivity index (χ1n) is 10.2. The molecular weight excluding hydrogens is 414 g/mol. The molecule has 0 atom stereocenters. The lowest BCUT2D eigenvalue weighted by Crippen LogP contribution is -2.04. The van der Waals surface area contributed by atoms with Crippen molar-refractivity contribution in [3.63, 3.8) is 0 Å². The molecule has 0 aliphatic rings. The second-order valence-electron chi connectivity index (χ2n) is 7.19. The maximum Gasteiger partial charge on any atom is 0.264 e. The van der Waals surface area contributed by atoms with Crippen LogP contribution in [0.25, 0.3) is 12.2 Å². The number of rotatable bonds is 12. The van der Waals surface area contributed by atoms with Crippen LogP contribution in [0.5, 0.6) is 5.75 Å². The largest absolute Gasteiger partial charge is 0.487 e. The molecule has 6 nitrogen and oxygen atoms in total. The summed E-state index contributed by atoms with van der Waals surface area (Å²) in [5, 5.41) is 0. The molecule has 164 valence electrons. The molecule has 3 aromatic rings. The average molecular weight is 442 g/mol. The van der Waals surface area contributed by atoms with Gasteiger partial charge in [0.15, 0.2) is 0 Å². The van der Waals surface area contributed by atoms with E-state index in [4.69, 9.17) is 13.3 Å². The van der Waals surface area contributed by atoms with E-state index in [0.29, 0.717) is 12.5 Å². The standard InChI is InChI=1S/C24H27NO5S/c1-31(26,27)30-17-7-3-6-10-21-11-14-23(15-12-21)28-18-22-19-29-24(25-22)16-13-20-8-4-2-5-9-20/h2,4-5,8-9,11-16,19H,3,6-7,10,17-18H2,1H3. The first-order valence-corrected chi connectivity index (χ1v) is 12.0. The summed E-state index contributed by atoms with van der Waals surface area (Å²) in [5.41, 5.74) is 3.03. The summed E-state index contributed by atoms with van der Waals surface area (Å²) in [6.07, 6.45) is 10.0. The van der Waals surface area contributed by atoms with Crippen molar-refractivity contribution in [3.05, 3.63) is 83.6 Å². The van der Waals surface area contributed by atoms with E-state index in [2.05, 4.69) is 4.98 Å². The molecule has 0 fully saturated rings. The third-order valence-electron chi connectivity index (χ3n) is 4.50. The van der Waals surface area contributed by atoms with E-state index in [9.17, 15) is 8.42 Å². The summed E-state index contributed by atoms with van der Waals surface area (Å²) >= 11 is 0. The number of aromatic nitrogens is 1. The summed E-state index contributed by atoms with van der Waals surface area (Å²) < 4.78 is 37.8. The van der Waals surface area contributed by atoms with Crippen molar-refractivity contribution in [2.75, 3.05) is 12.9 Å². The Bertz CT molecular complexity index is 1060. The first-order chi connectivity index (χ1) is 15.0. The van der Waals surface area contributed by atoms with E-state index in [1.54, 1.807) is 6.26 Å². The molecule has 0 bridgehead atoms. The highest BCUT2D eigenvalue weighted by atomic mass is 32.2. The van der Waals surface area contributed by atoms with Crippen molar-refractivity contribution in [2.24, 2.45) is 0 Å². The van der Waals surface area contributed by atoms with E-state index >= 15 is 0 Å². The number of hydrogen-bond acceptors (Lipinski definition) is 6. The van der Waals surface area contributed by atoms with Crippen molar-refractivity contribution in [3.8, 4) is 5.75 Å². The molecule has 2 aromatic carbocycles. The van der Waals surface area contributed by atoms with Crippen LogP contribution in [0, 0.1) is 0 Å². The molecule has 0 aliphatic heterocycles. The molecule has 0 radical (unpaired) electrons. The van der Waals surface area contributed by atoms with Gasteiger partial charge in [-0.25, -0.2) is 4.98 Å². The molecule has 0 spiro atoms. The molecule has 0 saturated heterocycles. The van der Waals surface area contributed by atoms with E-state index in [-0.39, 0.29) is 6.61 Å². The zero-order valence-corrected chi connectivity index (χ0v) is 18.4. The lowest BCUT2D eigenvalue weighted by molar-refractivity contribution is 0.301. The molecule has 1 aromatic heterocycles. The van der Waals surface area contributed by atoms with Crippen molar-refractivity contribution < 1.29 is 21.8 Å². The summed E-state index contributed by atoms with van der Waals surface area (Å²) in [4.78, 5) is 4.41. The van der Waals surface area contributed by atoms with Crippen molar-refractivity contribution in [2.45, 2.75) is 32.3 Å². The number of nitrogens with zero attached hydrogens (tertiary/aromatic N) is 1. The smallest absolute Gasteiger partial charge is 0.264 e. The zero-order valence-electron chi connectivity index (χ0n) is 17.6. The van der Waals surface area contributed by atoms with Crippen molar-refractivity contribution in [1.29, 1.82) is 0 Å². The van der Waals surface area contributed by atoms with Crippen LogP contribution in [0.1, 0.15) is 42.0 Å². The lowest BCUT2D eigenvalue weighted by Gasteiger charge is -2.06. The van der Waals surface area contributed by atoms with E-state index < -0.39 is 10.1 Å². The highest BCUT2D eigenvalue weighted by Gasteiger charge is 2.04. The number of benzene rings is 2. The van der Waals surface area contributed by atoms with Gasteiger partial charge in [0.05, 0.1) is 12.9 Å². The first kappa shape index (κ1) is 22.8. The molecule has 0 unspecified atom stereocenters. The summed E-state index contributed by atoms with van der Waals surface area (Å²) in [5.74, 6) is 1.31. The fourth-order valence-corrected chi connectivity index (χ4v) is 3.35. The minimum Gasteiger partial charge on any atom is -0.487 e. The maximum atomic E-state index is 10.9. The molecule has 0 amide bonds. The zero-order chi connectivity index (χ0) is 21.9. The number of unbranched alkanes of at least 4 members (excludes halogenated alkanes) is 2. The Hall–Kier alpha value is -2.90. The van der Waals surface area contributed by atoms with Gasteiger partial charge in [-0.05, 0) is 48.6 Å². The Balaban J connectivity index is 1.37. The Labute approximate surface area is 183 Å². The van der Waals surface area contributed by atoms with Crippen LogP contribution >= 0.6 is 0 Å². The van der Waals surface area contributed by atoms with Crippen LogP contribution in [-0.2, 0) is 27.3 Å². The van der Waals surface area contributed by atoms with Crippen LogP contribution in [-0.4, -0.2) is 26.3 Å². The van der Waals surface area contributed by atoms with Crippen LogP contribution in [0.4, 0.5) is 0 Å². The lowest BCUT2D eigenvalue weighted by atomic mass is 10.1. The summed E-state index contributed by atoms with van der Waals surface area (Å²) in [6.45, 7) is 0.583. The third kappa shape index (κ3) is 8.78. The van der Waals surface area contributed by atoms with Gasteiger partial charge in [-0.2, -0.15) is 8.42 Å². The molecular formula is C24H27NO5S. The molecule has 7 heteroatoms. The van der Waals surface area contributed by atoms with Crippen LogP contribution in [0.2, 0.25) is 0 Å². The van der Waals surface area contributed by atoms with Crippen molar-refractivity contribution in [1.82, 2.24) is 4.98 Å². The molecule has 0 N–H and O–H groups in total. The predicted octanol–water partition coefficient (Wildman–Crippen LogP) is 5.11. The van der Waals surface area contributed by atoms with Crippen LogP contribution in [0.15, 0.2) is 65.3 Å². The molecule has 1 heterocycles. The minimum atomic E-state index is -3.33. The third-order valence-corrected chi connectivity index (χ3v) is 5.10. The van der Waals surface area contributed by atoms with Gasteiger partial charge in [0, 0.05) is 6.08 Å². The van der Waals surface area contributed by atoms with Gasteiger partial charge >= 0.3 is 0 Å². The Morgan fingerprint density at radius 3 is 2.48 bits per heavy atom. The fraction of sp³-hybridized carbons (Fsp3) is 0.292. The van der Waals surface area contributed by atoms with Crippen LogP contribution < -0.4 is 4.74 Å². The number of ether oxygens (including phenoxy) is 1. The number of aryl methyl sites for hydroxylation is 1. The number of hydrogen-bond donors (Lipinski definition) is 0. The molecule has 0 aliphatic carbocycles. The van der Waals surface area contributed by atoms with Gasteiger partial charge in [0.25, 0.3) is 10.1 Å². The molecule has 0 saturated carbocycles. The highest BCUT2D eigenvalue weighted by Crippen LogP contribution is 2.16. The second kappa shape index (κ2) is 11.5. The summed E-state index contributed by atoms with van der Waals surface area (Å²) in [6, 6.07) is 17.9. The quantitative estimate of drug-likeness (QED) is 0.287. The van der Waals surface area contributed by atoms with Gasteiger partial charge < -0.3 is 9.15 Å². The van der Waals surface area contributed by atoms with Crippen molar-refractivity contribution >= 4 is 22.3 Å². The van der Waals surface area contributed by atoms with Crippen LogP contribution in [0.3, 0.4) is 0 Å². The van der Waals surface area contributed by atoms with Gasteiger partial charge in [0.2, 0.25) is 5.89 Å². The summed E-state index contributed by atoms with van der Waals surface area (Å²) in [7, 11) is -3.33. The number of oxazole rings is 1. The fourth-order valence-electron chi connectivity index (χ4n) is 2.93. The Kier molecular flexibility index (Phi) is 8.44. The molecule has 3 rings (SSSR count). The normalized spacial score (nSPS) is 11.8. The van der Waals surface area contributed by atoms with Gasteiger partial charge in [-0.15, -0.1) is 0 Å². The topological polar surface area (TPSA) is 78.6 Å². The van der Waals surface area contributed by atoms with Gasteiger partial charge in [-0.3, -0.25) is 4.18 Å². The van der Waals surface area contributed by atoms with Gasteiger partial charge in [-0.1, -0.05) is 48.9 Å².